The minimum absolute atomic E-state index is 0.0125. The molecular formula is C20H20N2OS. The number of pyridine rings is 1. The van der Waals surface area contributed by atoms with Crippen molar-refractivity contribution in [3.05, 3.63) is 52.9 Å². The van der Waals surface area contributed by atoms with Crippen LogP contribution < -0.4 is 5.32 Å². The van der Waals surface area contributed by atoms with Gasteiger partial charge in [0, 0.05) is 17.3 Å². The number of nitrogens with one attached hydrogen (secondary N) is 1. The van der Waals surface area contributed by atoms with Crippen molar-refractivity contribution in [3.63, 3.8) is 0 Å². The number of carbonyl (C=O) groups is 1. The lowest BCUT2D eigenvalue weighted by atomic mass is 9.97. The standard InChI is InChI=1S/C20H20N2OS/c23-19(21-11-10-14-6-2-1-3-7-14)18-13-16-12-15-8-4-5-9-17(15)22-20(16)24-18/h4-6,8-9,12-13H,1-3,7,10-11H2,(H,21,23). The van der Waals surface area contributed by atoms with Gasteiger partial charge in [-0.15, -0.1) is 11.3 Å². The van der Waals surface area contributed by atoms with Crippen molar-refractivity contribution in [2.75, 3.05) is 6.54 Å². The number of hydrogen-bond donors (Lipinski definition) is 1. The first kappa shape index (κ1) is 15.3. The molecule has 1 aliphatic carbocycles. The predicted octanol–water partition coefficient (Wildman–Crippen LogP) is 5.07. The molecular weight excluding hydrogens is 316 g/mol. The number of hydrogen-bond acceptors (Lipinski definition) is 3. The third kappa shape index (κ3) is 3.20. The fraction of sp³-hybridized carbons (Fsp3) is 0.300. The van der Waals surface area contributed by atoms with Crippen LogP contribution in [0, 0.1) is 0 Å². The van der Waals surface area contributed by atoms with Crippen molar-refractivity contribution in [2.24, 2.45) is 0 Å². The number of amides is 1. The van der Waals surface area contributed by atoms with Gasteiger partial charge in [-0.05, 0) is 50.3 Å². The summed E-state index contributed by atoms with van der Waals surface area (Å²) < 4.78 is 0. The molecule has 1 aromatic carbocycles. The molecule has 1 aliphatic rings. The summed E-state index contributed by atoms with van der Waals surface area (Å²) in [6.07, 6.45) is 8.28. The lowest BCUT2D eigenvalue weighted by molar-refractivity contribution is 0.0958. The normalized spacial score (nSPS) is 14.8. The van der Waals surface area contributed by atoms with Gasteiger partial charge in [-0.25, -0.2) is 4.98 Å². The average Bonchev–Trinajstić information content (AvgIpc) is 3.03. The van der Waals surface area contributed by atoms with Crippen LogP contribution in [0.2, 0.25) is 0 Å². The topological polar surface area (TPSA) is 42.0 Å². The van der Waals surface area contributed by atoms with E-state index in [0.717, 1.165) is 32.4 Å². The maximum Gasteiger partial charge on any atom is 0.261 e. The summed E-state index contributed by atoms with van der Waals surface area (Å²) in [7, 11) is 0. The molecule has 24 heavy (non-hydrogen) atoms. The molecule has 0 fully saturated rings. The van der Waals surface area contributed by atoms with Gasteiger partial charge in [0.25, 0.3) is 5.91 Å². The van der Waals surface area contributed by atoms with Crippen LogP contribution in [0.3, 0.4) is 0 Å². The summed E-state index contributed by atoms with van der Waals surface area (Å²) in [6.45, 7) is 0.717. The predicted molar refractivity (Wildman–Crippen MR) is 101 cm³/mol. The highest BCUT2D eigenvalue weighted by atomic mass is 32.1. The van der Waals surface area contributed by atoms with Gasteiger partial charge in [0.15, 0.2) is 0 Å². The van der Waals surface area contributed by atoms with E-state index in [1.807, 2.05) is 24.3 Å². The summed E-state index contributed by atoms with van der Waals surface area (Å²) >= 11 is 1.47. The lowest BCUT2D eigenvalue weighted by Crippen LogP contribution is -2.24. The maximum absolute atomic E-state index is 12.4. The monoisotopic (exact) mass is 336 g/mol. The number of allylic oxidation sites excluding steroid dienone is 1. The Morgan fingerprint density at radius 1 is 1.17 bits per heavy atom. The van der Waals surface area contributed by atoms with Crippen LogP contribution in [0.25, 0.3) is 21.1 Å². The van der Waals surface area contributed by atoms with Crippen LogP contribution in [0.4, 0.5) is 0 Å². The second-order valence-electron chi connectivity index (χ2n) is 6.30. The molecule has 4 heteroatoms. The Balaban J connectivity index is 1.47. The minimum Gasteiger partial charge on any atom is -0.351 e. The number of aromatic nitrogens is 1. The van der Waals surface area contributed by atoms with E-state index in [1.165, 1.54) is 42.6 Å². The van der Waals surface area contributed by atoms with E-state index in [9.17, 15) is 4.79 Å². The highest BCUT2D eigenvalue weighted by Crippen LogP contribution is 2.27. The van der Waals surface area contributed by atoms with Crippen LogP contribution in [-0.4, -0.2) is 17.4 Å². The zero-order chi connectivity index (χ0) is 16.4. The molecule has 0 saturated heterocycles. The number of rotatable bonds is 4. The van der Waals surface area contributed by atoms with Gasteiger partial charge in [0.1, 0.15) is 4.83 Å². The van der Waals surface area contributed by atoms with E-state index >= 15 is 0 Å². The summed E-state index contributed by atoms with van der Waals surface area (Å²) in [4.78, 5) is 18.7. The SMILES string of the molecule is O=C(NCCC1=CCCCC1)c1cc2cc3ccccc3nc2s1. The minimum atomic E-state index is 0.0125. The van der Waals surface area contributed by atoms with Crippen molar-refractivity contribution < 1.29 is 4.79 Å². The number of benzene rings is 1. The Hall–Kier alpha value is -2.20. The van der Waals surface area contributed by atoms with Gasteiger partial charge in [-0.1, -0.05) is 29.8 Å². The van der Waals surface area contributed by atoms with Gasteiger partial charge in [-0.2, -0.15) is 0 Å². The van der Waals surface area contributed by atoms with Crippen LogP contribution in [-0.2, 0) is 0 Å². The molecule has 0 unspecified atom stereocenters. The first-order valence-electron chi connectivity index (χ1n) is 8.55. The second-order valence-corrected chi connectivity index (χ2v) is 7.33. The zero-order valence-corrected chi connectivity index (χ0v) is 14.4. The highest BCUT2D eigenvalue weighted by Gasteiger charge is 2.12. The summed E-state index contributed by atoms with van der Waals surface area (Å²) in [5, 5.41) is 5.20. The van der Waals surface area contributed by atoms with Crippen molar-refractivity contribution in [3.8, 4) is 0 Å². The second kappa shape index (κ2) is 6.73. The molecule has 0 atom stereocenters. The smallest absolute Gasteiger partial charge is 0.261 e. The molecule has 4 rings (SSSR count). The van der Waals surface area contributed by atoms with E-state index in [2.05, 4.69) is 28.5 Å². The molecule has 0 aliphatic heterocycles. The van der Waals surface area contributed by atoms with Crippen LogP contribution in [0.5, 0.6) is 0 Å². The maximum atomic E-state index is 12.4. The molecule has 0 bridgehead atoms. The molecule has 122 valence electrons. The van der Waals surface area contributed by atoms with E-state index in [-0.39, 0.29) is 5.91 Å². The quantitative estimate of drug-likeness (QED) is 0.676. The molecule has 1 amide bonds. The summed E-state index contributed by atoms with van der Waals surface area (Å²) in [6, 6.07) is 12.1. The van der Waals surface area contributed by atoms with Gasteiger partial charge in [0.05, 0.1) is 10.4 Å². The Kier molecular flexibility index (Phi) is 4.30. The summed E-state index contributed by atoms with van der Waals surface area (Å²) in [5.41, 5.74) is 2.47. The Morgan fingerprint density at radius 2 is 2.08 bits per heavy atom. The number of carbonyl (C=O) groups excluding carboxylic acids is 1. The van der Waals surface area contributed by atoms with Gasteiger partial charge < -0.3 is 5.32 Å². The summed E-state index contributed by atoms with van der Waals surface area (Å²) in [5.74, 6) is 0.0125. The van der Waals surface area contributed by atoms with Crippen molar-refractivity contribution >= 4 is 38.4 Å². The Labute approximate surface area is 145 Å². The Bertz CT molecular complexity index is 873. The highest BCUT2D eigenvalue weighted by molar-refractivity contribution is 7.20. The number of para-hydroxylation sites is 1. The van der Waals surface area contributed by atoms with Gasteiger partial charge >= 0.3 is 0 Å². The van der Waals surface area contributed by atoms with Gasteiger partial charge in [0.2, 0.25) is 0 Å². The van der Waals surface area contributed by atoms with Crippen LogP contribution >= 0.6 is 11.3 Å². The third-order valence-corrected chi connectivity index (χ3v) is 5.59. The van der Waals surface area contributed by atoms with E-state index in [0.29, 0.717) is 6.54 Å². The first-order valence-corrected chi connectivity index (χ1v) is 9.37. The average molecular weight is 336 g/mol. The molecule has 1 N–H and O–H groups in total. The van der Waals surface area contributed by atoms with E-state index in [4.69, 9.17) is 0 Å². The molecule has 2 aromatic heterocycles. The van der Waals surface area contributed by atoms with Crippen molar-refractivity contribution in [1.29, 1.82) is 0 Å². The van der Waals surface area contributed by atoms with E-state index in [1.54, 1.807) is 0 Å². The van der Waals surface area contributed by atoms with E-state index < -0.39 is 0 Å². The third-order valence-electron chi connectivity index (χ3n) is 4.55. The molecule has 2 heterocycles. The fourth-order valence-corrected chi connectivity index (χ4v) is 4.18. The van der Waals surface area contributed by atoms with Gasteiger partial charge in [-0.3, -0.25) is 4.79 Å². The largest absolute Gasteiger partial charge is 0.351 e. The van der Waals surface area contributed by atoms with Crippen molar-refractivity contribution in [1.82, 2.24) is 10.3 Å². The fourth-order valence-electron chi connectivity index (χ4n) is 3.24. The zero-order valence-electron chi connectivity index (χ0n) is 13.5. The first-order chi connectivity index (χ1) is 11.8. The molecule has 3 nitrogen and oxygen atoms in total. The van der Waals surface area contributed by atoms with Crippen molar-refractivity contribution in [2.45, 2.75) is 32.1 Å². The Morgan fingerprint density at radius 3 is 2.96 bits per heavy atom. The molecule has 3 aromatic rings. The lowest BCUT2D eigenvalue weighted by Gasteiger charge is -2.12. The van der Waals surface area contributed by atoms with Crippen LogP contribution in [0.1, 0.15) is 41.8 Å². The number of thiophene rings is 1. The molecule has 0 saturated carbocycles. The number of fused-ring (bicyclic) bond motifs is 2. The number of nitrogens with zero attached hydrogens (tertiary/aromatic N) is 1. The molecule has 0 radical (unpaired) electrons. The molecule has 0 spiro atoms. The van der Waals surface area contributed by atoms with Crippen LogP contribution in [0.15, 0.2) is 48.0 Å².